The zero-order valence-electron chi connectivity index (χ0n) is 9.77. The van der Waals surface area contributed by atoms with Crippen molar-refractivity contribution < 1.29 is 9.53 Å². The van der Waals surface area contributed by atoms with Crippen LogP contribution in [0.1, 0.15) is 23.5 Å². The predicted octanol–water partition coefficient (Wildman–Crippen LogP) is 0.427. The molecule has 0 bridgehead atoms. The van der Waals surface area contributed by atoms with Crippen LogP contribution in [0.2, 0.25) is 0 Å². The van der Waals surface area contributed by atoms with Gasteiger partial charge in [-0.1, -0.05) is 0 Å². The summed E-state index contributed by atoms with van der Waals surface area (Å²) >= 11 is 0. The lowest BCUT2D eigenvalue weighted by atomic mass is 10.2. The molecule has 1 aliphatic heterocycles. The van der Waals surface area contributed by atoms with E-state index in [2.05, 4.69) is 25.3 Å². The standard InChI is InChI=1S/C11H16N4O2/c1-17-11(16)10-13-6-4-9(15-10)14-7-8-3-2-5-12-8/h4,6,8,12H,2-3,5,7H2,1H3,(H,13,14,15). The quantitative estimate of drug-likeness (QED) is 0.738. The third-order valence-electron chi connectivity index (χ3n) is 2.72. The van der Waals surface area contributed by atoms with Crippen molar-refractivity contribution in [3.05, 3.63) is 18.1 Å². The number of nitrogens with one attached hydrogen (secondary N) is 2. The van der Waals surface area contributed by atoms with Gasteiger partial charge in [-0.15, -0.1) is 0 Å². The second kappa shape index (κ2) is 5.58. The fraction of sp³-hybridized carbons (Fsp3) is 0.545. The summed E-state index contributed by atoms with van der Waals surface area (Å²) in [5.74, 6) is 0.207. The number of nitrogens with zero attached hydrogens (tertiary/aromatic N) is 2. The Hall–Kier alpha value is -1.69. The highest BCUT2D eigenvalue weighted by Crippen LogP contribution is 2.07. The predicted molar refractivity (Wildman–Crippen MR) is 62.9 cm³/mol. The van der Waals surface area contributed by atoms with Crippen molar-refractivity contribution in [1.82, 2.24) is 15.3 Å². The maximum atomic E-state index is 11.2. The second-order valence-corrected chi connectivity index (χ2v) is 3.93. The van der Waals surface area contributed by atoms with Gasteiger partial charge < -0.3 is 15.4 Å². The van der Waals surface area contributed by atoms with Gasteiger partial charge >= 0.3 is 5.97 Å². The van der Waals surface area contributed by atoms with E-state index in [1.807, 2.05) is 0 Å². The van der Waals surface area contributed by atoms with E-state index >= 15 is 0 Å². The van der Waals surface area contributed by atoms with Crippen LogP contribution in [0, 0.1) is 0 Å². The molecule has 1 atom stereocenters. The lowest BCUT2D eigenvalue weighted by Crippen LogP contribution is -2.29. The molecule has 1 aliphatic rings. The van der Waals surface area contributed by atoms with Crippen molar-refractivity contribution in [2.24, 2.45) is 0 Å². The summed E-state index contributed by atoms with van der Waals surface area (Å²) in [7, 11) is 1.31. The summed E-state index contributed by atoms with van der Waals surface area (Å²) in [5.41, 5.74) is 0. The minimum absolute atomic E-state index is 0.0804. The Kier molecular flexibility index (Phi) is 3.87. The minimum atomic E-state index is -0.521. The minimum Gasteiger partial charge on any atom is -0.463 e. The first-order valence-corrected chi connectivity index (χ1v) is 5.68. The molecular weight excluding hydrogens is 220 g/mol. The van der Waals surface area contributed by atoms with Gasteiger partial charge in [-0.3, -0.25) is 0 Å². The molecule has 17 heavy (non-hydrogen) atoms. The van der Waals surface area contributed by atoms with Gasteiger partial charge in [0.1, 0.15) is 5.82 Å². The number of hydrogen-bond acceptors (Lipinski definition) is 6. The number of carbonyl (C=O) groups excluding carboxylic acids is 1. The first kappa shape index (κ1) is 11.8. The van der Waals surface area contributed by atoms with Gasteiger partial charge in [-0.2, -0.15) is 0 Å². The molecule has 6 heteroatoms. The monoisotopic (exact) mass is 236 g/mol. The molecule has 0 amide bonds. The van der Waals surface area contributed by atoms with Crippen LogP contribution in [0.25, 0.3) is 0 Å². The normalized spacial score (nSPS) is 19.0. The third-order valence-corrected chi connectivity index (χ3v) is 2.72. The van der Waals surface area contributed by atoms with E-state index in [-0.39, 0.29) is 5.82 Å². The van der Waals surface area contributed by atoms with Crippen LogP contribution in [-0.4, -0.2) is 42.2 Å². The van der Waals surface area contributed by atoms with Gasteiger partial charge in [0.2, 0.25) is 5.82 Å². The maximum Gasteiger partial charge on any atom is 0.376 e. The Morgan fingerprint density at radius 2 is 2.59 bits per heavy atom. The van der Waals surface area contributed by atoms with Gasteiger partial charge in [-0.05, 0) is 25.5 Å². The van der Waals surface area contributed by atoms with Gasteiger partial charge in [0.05, 0.1) is 7.11 Å². The number of esters is 1. The molecule has 1 aromatic rings. The Morgan fingerprint density at radius 3 is 3.29 bits per heavy atom. The van der Waals surface area contributed by atoms with E-state index < -0.39 is 5.97 Å². The highest BCUT2D eigenvalue weighted by atomic mass is 16.5. The highest BCUT2D eigenvalue weighted by Gasteiger charge is 2.14. The van der Waals surface area contributed by atoms with E-state index in [0.717, 1.165) is 13.1 Å². The first-order valence-electron chi connectivity index (χ1n) is 5.68. The van der Waals surface area contributed by atoms with Gasteiger partial charge in [0.25, 0.3) is 0 Å². The van der Waals surface area contributed by atoms with Crippen LogP contribution < -0.4 is 10.6 Å². The Balaban J connectivity index is 1.93. The second-order valence-electron chi connectivity index (χ2n) is 3.93. The molecular formula is C11H16N4O2. The molecule has 1 fully saturated rings. The molecule has 92 valence electrons. The summed E-state index contributed by atoms with van der Waals surface area (Å²) in [5, 5.41) is 6.56. The van der Waals surface area contributed by atoms with E-state index in [1.54, 1.807) is 12.3 Å². The van der Waals surface area contributed by atoms with Crippen molar-refractivity contribution >= 4 is 11.8 Å². The molecule has 0 aliphatic carbocycles. The summed E-state index contributed by atoms with van der Waals surface area (Å²) in [6.07, 6.45) is 3.93. The van der Waals surface area contributed by atoms with Crippen molar-refractivity contribution in [2.45, 2.75) is 18.9 Å². The Morgan fingerprint density at radius 1 is 1.71 bits per heavy atom. The number of carbonyl (C=O) groups is 1. The molecule has 2 N–H and O–H groups in total. The van der Waals surface area contributed by atoms with E-state index in [4.69, 9.17) is 0 Å². The van der Waals surface area contributed by atoms with Gasteiger partial charge in [-0.25, -0.2) is 14.8 Å². The first-order chi connectivity index (χ1) is 8.29. The largest absolute Gasteiger partial charge is 0.463 e. The van der Waals surface area contributed by atoms with Gasteiger partial charge in [0, 0.05) is 18.8 Å². The zero-order valence-corrected chi connectivity index (χ0v) is 9.77. The summed E-state index contributed by atoms with van der Waals surface area (Å²) < 4.78 is 4.57. The summed E-state index contributed by atoms with van der Waals surface area (Å²) in [6, 6.07) is 2.22. The van der Waals surface area contributed by atoms with Crippen molar-refractivity contribution in [1.29, 1.82) is 0 Å². The molecule has 1 saturated heterocycles. The van der Waals surface area contributed by atoms with Crippen LogP contribution >= 0.6 is 0 Å². The van der Waals surface area contributed by atoms with E-state index in [9.17, 15) is 4.79 Å². The number of methoxy groups -OCH3 is 1. The number of anilines is 1. The molecule has 0 spiro atoms. The third kappa shape index (κ3) is 3.13. The van der Waals surface area contributed by atoms with Crippen molar-refractivity contribution in [2.75, 3.05) is 25.5 Å². The zero-order chi connectivity index (χ0) is 12.1. The molecule has 2 heterocycles. The SMILES string of the molecule is COC(=O)c1nccc(NCC2CCCN2)n1. The Labute approximate surface area is 99.8 Å². The molecule has 2 rings (SSSR count). The molecule has 1 aromatic heterocycles. The molecule has 1 unspecified atom stereocenters. The van der Waals surface area contributed by atoms with Crippen LogP contribution in [0.15, 0.2) is 12.3 Å². The van der Waals surface area contributed by atoms with Crippen molar-refractivity contribution in [3.8, 4) is 0 Å². The van der Waals surface area contributed by atoms with Crippen molar-refractivity contribution in [3.63, 3.8) is 0 Å². The number of aromatic nitrogens is 2. The lowest BCUT2D eigenvalue weighted by Gasteiger charge is -2.11. The fourth-order valence-corrected chi connectivity index (χ4v) is 1.81. The van der Waals surface area contributed by atoms with E-state index in [0.29, 0.717) is 11.9 Å². The topological polar surface area (TPSA) is 76.1 Å². The highest BCUT2D eigenvalue weighted by molar-refractivity contribution is 5.85. The van der Waals surface area contributed by atoms with Crippen LogP contribution in [-0.2, 0) is 4.74 Å². The smallest absolute Gasteiger partial charge is 0.376 e. The van der Waals surface area contributed by atoms with Gasteiger partial charge in [0.15, 0.2) is 0 Å². The number of rotatable bonds is 4. The van der Waals surface area contributed by atoms with E-state index in [1.165, 1.54) is 20.0 Å². The average molecular weight is 236 g/mol. The number of ether oxygens (including phenoxy) is 1. The average Bonchev–Trinajstić information content (AvgIpc) is 2.89. The lowest BCUT2D eigenvalue weighted by molar-refractivity contribution is 0.0587. The molecule has 0 saturated carbocycles. The van der Waals surface area contributed by atoms with Crippen LogP contribution in [0.3, 0.4) is 0 Å². The summed E-state index contributed by atoms with van der Waals surface area (Å²) in [6.45, 7) is 1.88. The fourth-order valence-electron chi connectivity index (χ4n) is 1.81. The molecule has 0 aromatic carbocycles. The Bertz CT molecular complexity index is 391. The number of hydrogen-bond donors (Lipinski definition) is 2. The van der Waals surface area contributed by atoms with Crippen LogP contribution in [0.4, 0.5) is 5.82 Å². The maximum absolute atomic E-state index is 11.2. The van der Waals surface area contributed by atoms with Crippen LogP contribution in [0.5, 0.6) is 0 Å². The molecule has 0 radical (unpaired) electrons. The molecule has 6 nitrogen and oxygen atoms in total. The summed E-state index contributed by atoms with van der Waals surface area (Å²) in [4.78, 5) is 19.2.